The number of amides is 2. The molecule has 2 saturated heterocycles. The fourth-order valence-corrected chi connectivity index (χ4v) is 3.41. The topological polar surface area (TPSA) is 145 Å². The number of nitro groups is 2. The van der Waals surface area contributed by atoms with Gasteiger partial charge in [0.2, 0.25) is 0 Å². The Morgan fingerprint density at radius 3 is 2.12 bits per heavy atom. The number of carbonyl (C=O) groups excluding carboxylic acids is 2. The molecule has 3 aliphatic rings. The van der Waals surface area contributed by atoms with Gasteiger partial charge in [0.15, 0.2) is 0 Å². The van der Waals surface area contributed by atoms with E-state index in [0.717, 1.165) is 23.2 Å². The zero-order chi connectivity index (χ0) is 17.9. The van der Waals surface area contributed by atoms with Crippen molar-refractivity contribution < 1.29 is 24.2 Å². The number of fused-ring (bicyclic) bond motifs is 5. The van der Waals surface area contributed by atoms with Crippen LogP contribution in [0.25, 0.3) is 0 Å². The Hall–Kier alpha value is -3.34. The SMILES string of the molecule is O=C1[C@H]2[C@H](C(=O)N1Nc1ccc([N+](=O)[O-])cc1[N+](=O)[O-])[C@H]1C=C[C@H]2O1. The van der Waals surface area contributed by atoms with Gasteiger partial charge in [0.05, 0.1) is 40.0 Å². The molecule has 2 amide bonds. The summed E-state index contributed by atoms with van der Waals surface area (Å²) in [5.74, 6) is -2.40. The van der Waals surface area contributed by atoms with Gasteiger partial charge in [-0.05, 0) is 6.07 Å². The number of carbonyl (C=O) groups is 2. The number of rotatable bonds is 4. The van der Waals surface area contributed by atoms with Crippen LogP contribution in [0.4, 0.5) is 17.1 Å². The van der Waals surface area contributed by atoms with Crippen molar-refractivity contribution in [2.24, 2.45) is 11.8 Å². The van der Waals surface area contributed by atoms with Crippen molar-refractivity contribution in [3.05, 3.63) is 50.6 Å². The van der Waals surface area contributed by atoms with E-state index in [9.17, 15) is 29.8 Å². The Morgan fingerprint density at radius 2 is 1.60 bits per heavy atom. The molecule has 3 aliphatic heterocycles. The molecule has 0 aromatic heterocycles. The Labute approximate surface area is 139 Å². The molecule has 11 nitrogen and oxygen atoms in total. The molecule has 25 heavy (non-hydrogen) atoms. The van der Waals surface area contributed by atoms with Gasteiger partial charge in [-0.15, -0.1) is 0 Å². The molecule has 0 radical (unpaired) electrons. The van der Waals surface area contributed by atoms with Crippen LogP contribution in [0, 0.1) is 32.1 Å². The first-order valence-electron chi connectivity index (χ1n) is 7.29. The lowest BCUT2D eigenvalue weighted by Gasteiger charge is -2.19. The van der Waals surface area contributed by atoms with Crippen molar-refractivity contribution in [2.45, 2.75) is 12.2 Å². The van der Waals surface area contributed by atoms with Crippen molar-refractivity contribution in [1.82, 2.24) is 5.01 Å². The third-order valence-electron chi connectivity index (χ3n) is 4.53. The summed E-state index contributed by atoms with van der Waals surface area (Å²) in [5.41, 5.74) is 1.18. The summed E-state index contributed by atoms with van der Waals surface area (Å²) >= 11 is 0. The molecule has 0 spiro atoms. The molecular weight excluding hydrogens is 336 g/mol. The number of nitrogens with zero attached hydrogens (tertiary/aromatic N) is 3. The minimum absolute atomic E-state index is 0.182. The van der Waals surface area contributed by atoms with Crippen molar-refractivity contribution in [2.75, 3.05) is 5.43 Å². The minimum Gasteiger partial charge on any atom is -0.365 e. The van der Waals surface area contributed by atoms with Gasteiger partial charge in [-0.3, -0.25) is 35.2 Å². The summed E-state index contributed by atoms with van der Waals surface area (Å²) in [6.45, 7) is 0. The van der Waals surface area contributed by atoms with Gasteiger partial charge < -0.3 is 4.74 Å². The molecule has 2 bridgehead atoms. The maximum atomic E-state index is 12.5. The summed E-state index contributed by atoms with van der Waals surface area (Å²) in [5, 5.41) is 22.7. The van der Waals surface area contributed by atoms with Gasteiger partial charge >= 0.3 is 5.69 Å². The van der Waals surface area contributed by atoms with Crippen molar-refractivity contribution in [1.29, 1.82) is 0 Å². The second kappa shape index (κ2) is 5.08. The number of nitro benzene ring substituents is 2. The Bertz CT molecular complexity index is 837. The number of nitrogens with one attached hydrogen (secondary N) is 1. The number of ether oxygens (including phenoxy) is 1. The van der Waals surface area contributed by atoms with Gasteiger partial charge in [-0.25, -0.2) is 0 Å². The molecule has 128 valence electrons. The van der Waals surface area contributed by atoms with E-state index in [0.29, 0.717) is 0 Å². The first-order chi connectivity index (χ1) is 11.9. The van der Waals surface area contributed by atoms with Gasteiger partial charge in [0.25, 0.3) is 17.5 Å². The predicted octanol–water partition coefficient (Wildman–Crippen LogP) is 0.768. The number of non-ortho nitro benzene ring substituents is 1. The average Bonchev–Trinajstić information content (AvgIpc) is 3.24. The van der Waals surface area contributed by atoms with Crippen LogP contribution in [0.15, 0.2) is 30.4 Å². The fourth-order valence-electron chi connectivity index (χ4n) is 3.41. The number of hydrogen-bond acceptors (Lipinski definition) is 8. The Kier molecular flexibility index (Phi) is 3.09. The molecule has 1 N–H and O–H groups in total. The number of hydrazine groups is 1. The van der Waals surface area contributed by atoms with Crippen LogP contribution in [0.1, 0.15) is 0 Å². The molecule has 0 aliphatic carbocycles. The molecular formula is C14H10N4O7. The molecule has 3 heterocycles. The highest BCUT2D eigenvalue weighted by atomic mass is 16.6. The van der Waals surface area contributed by atoms with Crippen LogP contribution in [-0.4, -0.2) is 38.9 Å². The van der Waals surface area contributed by atoms with Crippen LogP contribution >= 0.6 is 0 Å². The monoisotopic (exact) mass is 346 g/mol. The van der Waals surface area contributed by atoms with Crippen LogP contribution in [0.3, 0.4) is 0 Å². The quantitative estimate of drug-likeness (QED) is 0.364. The largest absolute Gasteiger partial charge is 0.365 e. The summed E-state index contributed by atoms with van der Waals surface area (Å²) in [6, 6.07) is 2.91. The lowest BCUT2D eigenvalue weighted by atomic mass is 9.85. The lowest BCUT2D eigenvalue weighted by Crippen LogP contribution is -2.39. The number of benzene rings is 1. The number of anilines is 1. The zero-order valence-electron chi connectivity index (χ0n) is 12.4. The molecule has 4 atom stereocenters. The highest BCUT2D eigenvalue weighted by Gasteiger charge is 2.61. The molecule has 2 fully saturated rings. The highest BCUT2D eigenvalue weighted by Crippen LogP contribution is 2.45. The lowest BCUT2D eigenvalue weighted by molar-refractivity contribution is -0.393. The maximum Gasteiger partial charge on any atom is 0.300 e. The summed E-state index contributed by atoms with van der Waals surface area (Å²) in [4.78, 5) is 45.3. The predicted molar refractivity (Wildman–Crippen MR) is 80.0 cm³/mol. The second-order valence-corrected chi connectivity index (χ2v) is 5.84. The van der Waals surface area contributed by atoms with E-state index in [4.69, 9.17) is 4.74 Å². The molecule has 0 unspecified atom stereocenters. The third-order valence-corrected chi connectivity index (χ3v) is 4.53. The Balaban J connectivity index is 1.65. The molecule has 1 aromatic rings. The highest BCUT2D eigenvalue weighted by molar-refractivity contribution is 6.07. The molecule has 0 saturated carbocycles. The van der Waals surface area contributed by atoms with E-state index in [1.807, 2.05) is 0 Å². The minimum atomic E-state index is -0.824. The second-order valence-electron chi connectivity index (χ2n) is 5.84. The van der Waals surface area contributed by atoms with Crippen molar-refractivity contribution in [3.63, 3.8) is 0 Å². The van der Waals surface area contributed by atoms with E-state index < -0.39 is 57.1 Å². The maximum absolute atomic E-state index is 12.5. The van der Waals surface area contributed by atoms with Crippen molar-refractivity contribution >= 4 is 28.9 Å². The average molecular weight is 346 g/mol. The number of hydrogen-bond donors (Lipinski definition) is 1. The fraction of sp³-hybridized carbons (Fsp3) is 0.286. The molecule has 1 aromatic carbocycles. The van der Waals surface area contributed by atoms with Gasteiger partial charge in [-0.1, -0.05) is 12.2 Å². The van der Waals surface area contributed by atoms with Gasteiger partial charge in [-0.2, -0.15) is 5.01 Å². The van der Waals surface area contributed by atoms with Crippen molar-refractivity contribution in [3.8, 4) is 0 Å². The summed E-state index contributed by atoms with van der Waals surface area (Å²) < 4.78 is 5.49. The summed E-state index contributed by atoms with van der Waals surface area (Å²) in [7, 11) is 0. The molecule has 4 rings (SSSR count). The first-order valence-corrected chi connectivity index (χ1v) is 7.29. The normalized spacial score (nSPS) is 29.2. The number of imide groups is 1. The third kappa shape index (κ3) is 2.09. The van der Waals surface area contributed by atoms with E-state index in [2.05, 4.69) is 5.43 Å². The standard InChI is InChI=1S/C14H10N4O7/c19-13-11-9-3-4-10(25-9)12(11)14(20)16(13)15-7-2-1-6(17(21)22)5-8(7)18(23)24/h1-5,9-12,15H/t9-,10-,11-,12-/m1/s1. The van der Waals surface area contributed by atoms with E-state index in [-0.39, 0.29) is 5.69 Å². The van der Waals surface area contributed by atoms with Gasteiger partial charge in [0, 0.05) is 6.07 Å². The van der Waals surface area contributed by atoms with E-state index in [1.54, 1.807) is 12.2 Å². The van der Waals surface area contributed by atoms with Gasteiger partial charge in [0.1, 0.15) is 5.69 Å². The smallest absolute Gasteiger partial charge is 0.300 e. The van der Waals surface area contributed by atoms with Crippen LogP contribution < -0.4 is 5.43 Å². The van der Waals surface area contributed by atoms with E-state index >= 15 is 0 Å². The molecule has 11 heteroatoms. The zero-order valence-corrected chi connectivity index (χ0v) is 12.4. The van der Waals surface area contributed by atoms with Crippen LogP contribution in [0.2, 0.25) is 0 Å². The van der Waals surface area contributed by atoms with Crippen LogP contribution in [0.5, 0.6) is 0 Å². The Morgan fingerprint density at radius 1 is 1.00 bits per heavy atom. The van der Waals surface area contributed by atoms with Crippen LogP contribution in [-0.2, 0) is 14.3 Å². The van der Waals surface area contributed by atoms with E-state index in [1.165, 1.54) is 0 Å². The summed E-state index contributed by atoms with van der Waals surface area (Å²) in [6.07, 6.45) is 2.47. The first kappa shape index (κ1) is 15.2.